The van der Waals surface area contributed by atoms with E-state index in [-0.39, 0.29) is 0 Å². The lowest BCUT2D eigenvalue weighted by atomic mass is 9.94. The van der Waals surface area contributed by atoms with Crippen LogP contribution in [0.2, 0.25) is 0 Å². The highest BCUT2D eigenvalue weighted by Gasteiger charge is 2.31. The van der Waals surface area contributed by atoms with Crippen molar-refractivity contribution in [2.24, 2.45) is 0 Å². The Morgan fingerprint density at radius 3 is 2.45 bits per heavy atom. The molecule has 4 heteroatoms. The van der Waals surface area contributed by atoms with Crippen LogP contribution in [0.4, 0.5) is 0 Å². The lowest BCUT2D eigenvalue weighted by Crippen LogP contribution is -2.49. The summed E-state index contributed by atoms with van der Waals surface area (Å²) in [5.41, 5.74) is 4.21. The van der Waals surface area contributed by atoms with Crippen molar-refractivity contribution in [2.75, 3.05) is 20.4 Å². The maximum Gasteiger partial charge on any atom is 0.231 e. The Kier molecular flexibility index (Phi) is 5.59. The summed E-state index contributed by atoms with van der Waals surface area (Å²) in [6.45, 7) is 6.99. The minimum Gasteiger partial charge on any atom is -0.454 e. The third-order valence-electron chi connectivity index (χ3n) is 7.05. The fraction of sp³-hybridized carbons (Fsp3) is 0.407. The van der Waals surface area contributed by atoms with Gasteiger partial charge in [0.2, 0.25) is 6.79 Å². The maximum absolute atomic E-state index is 5.64. The normalized spacial score (nSPS) is 17.7. The molecule has 162 valence electrons. The van der Waals surface area contributed by atoms with Crippen molar-refractivity contribution in [3.63, 3.8) is 0 Å². The number of rotatable bonds is 6. The van der Waals surface area contributed by atoms with Gasteiger partial charge in [-0.15, -0.1) is 0 Å². The van der Waals surface area contributed by atoms with Crippen LogP contribution in [0.15, 0.2) is 54.6 Å². The summed E-state index contributed by atoms with van der Waals surface area (Å²) in [6, 6.07) is 20.3. The zero-order valence-electron chi connectivity index (χ0n) is 18.8. The zero-order chi connectivity index (χ0) is 21.4. The molecule has 31 heavy (non-hydrogen) atoms. The molecule has 2 atom stereocenters. The van der Waals surface area contributed by atoms with Crippen molar-refractivity contribution in [3.8, 4) is 11.5 Å². The van der Waals surface area contributed by atoms with Gasteiger partial charge in [0.05, 0.1) is 6.17 Å². The molecule has 2 aliphatic heterocycles. The van der Waals surface area contributed by atoms with Gasteiger partial charge in [0.1, 0.15) is 0 Å². The molecule has 3 aromatic carbocycles. The van der Waals surface area contributed by atoms with E-state index in [4.69, 9.17) is 9.47 Å². The third kappa shape index (κ3) is 3.68. The van der Waals surface area contributed by atoms with Crippen LogP contribution < -0.4 is 9.47 Å². The summed E-state index contributed by atoms with van der Waals surface area (Å²) in [5.74, 6) is 1.79. The molecule has 0 saturated carbocycles. The number of ether oxygens (including phenoxy) is 2. The van der Waals surface area contributed by atoms with Gasteiger partial charge in [0, 0.05) is 19.1 Å². The van der Waals surface area contributed by atoms with Gasteiger partial charge in [-0.25, -0.2) is 0 Å². The molecule has 4 nitrogen and oxygen atoms in total. The quantitative estimate of drug-likeness (QED) is 0.511. The largest absolute Gasteiger partial charge is 0.454 e. The molecule has 0 saturated heterocycles. The predicted octanol–water partition coefficient (Wildman–Crippen LogP) is 5.75. The molecule has 0 radical (unpaired) electrons. The van der Waals surface area contributed by atoms with Crippen LogP contribution in [0.1, 0.15) is 49.4 Å². The second-order valence-electron chi connectivity index (χ2n) is 8.74. The summed E-state index contributed by atoms with van der Waals surface area (Å²) >= 11 is 0. The molecule has 2 aliphatic rings. The van der Waals surface area contributed by atoms with Crippen molar-refractivity contribution < 1.29 is 9.47 Å². The number of fused-ring (bicyclic) bond motifs is 3. The van der Waals surface area contributed by atoms with Crippen LogP contribution >= 0.6 is 0 Å². The van der Waals surface area contributed by atoms with Crippen LogP contribution in [0.3, 0.4) is 0 Å². The molecular weight excluding hydrogens is 384 g/mol. The van der Waals surface area contributed by atoms with Gasteiger partial charge in [0.25, 0.3) is 0 Å². The van der Waals surface area contributed by atoms with Gasteiger partial charge in [0.15, 0.2) is 11.5 Å². The fourth-order valence-electron chi connectivity index (χ4n) is 5.50. The highest BCUT2D eigenvalue weighted by atomic mass is 16.7. The SMILES string of the molecule is CCC(c1cccc2ccccc12)N(C)C(CC)N1CCc2cc3c(cc2C1)OCO3. The maximum atomic E-state index is 5.64. The number of hydrogen-bond acceptors (Lipinski definition) is 4. The molecule has 0 bridgehead atoms. The van der Waals surface area contributed by atoms with Crippen LogP contribution in [-0.4, -0.2) is 36.4 Å². The van der Waals surface area contributed by atoms with Crippen LogP contribution in [-0.2, 0) is 13.0 Å². The minimum atomic E-state index is 0.339. The summed E-state index contributed by atoms with van der Waals surface area (Å²) in [6.07, 6.45) is 3.63. The van der Waals surface area contributed by atoms with Crippen LogP contribution in [0.5, 0.6) is 11.5 Å². The first-order valence-electron chi connectivity index (χ1n) is 11.5. The van der Waals surface area contributed by atoms with Crippen molar-refractivity contribution in [3.05, 3.63) is 71.3 Å². The summed E-state index contributed by atoms with van der Waals surface area (Å²) in [5, 5.41) is 2.69. The van der Waals surface area contributed by atoms with E-state index in [0.29, 0.717) is 19.0 Å². The molecule has 0 amide bonds. The highest BCUT2D eigenvalue weighted by Crippen LogP contribution is 2.38. The van der Waals surface area contributed by atoms with E-state index in [9.17, 15) is 0 Å². The molecule has 2 unspecified atom stereocenters. The average molecular weight is 417 g/mol. The van der Waals surface area contributed by atoms with E-state index in [1.165, 1.54) is 27.5 Å². The summed E-state index contributed by atoms with van der Waals surface area (Å²) in [7, 11) is 2.30. The molecule has 0 aliphatic carbocycles. The Bertz CT molecular complexity index is 1070. The van der Waals surface area contributed by atoms with E-state index in [2.05, 4.69) is 85.3 Å². The van der Waals surface area contributed by atoms with Gasteiger partial charge < -0.3 is 9.47 Å². The Morgan fingerprint density at radius 2 is 1.68 bits per heavy atom. The molecule has 3 aromatic rings. The smallest absolute Gasteiger partial charge is 0.231 e. The zero-order valence-corrected chi connectivity index (χ0v) is 18.8. The predicted molar refractivity (Wildman–Crippen MR) is 126 cm³/mol. The first kappa shape index (κ1) is 20.3. The van der Waals surface area contributed by atoms with E-state index in [1.807, 2.05) is 0 Å². The average Bonchev–Trinajstić information content (AvgIpc) is 3.26. The number of nitrogens with zero attached hydrogens (tertiary/aromatic N) is 2. The Hall–Kier alpha value is -2.56. The molecule has 0 aromatic heterocycles. The van der Waals surface area contributed by atoms with Crippen molar-refractivity contribution in [1.82, 2.24) is 9.80 Å². The second-order valence-corrected chi connectivity index (χ2v) is 8.74. The molecule has 5 rings (SSSR count). The summed E-state index contributed by atoms with van der Waals surface area (Å²) in [4.78, 5) is 5.23. The highest BCUT2D eigenvalue weighted by molar-refractivity contribution is 5.86. The molecule has 2 heterocycles. The van der Waals surface area contributed by atoms with E-state index in [0.717, 1.165) is 43.9 Å². The lowest BCUT2D eigenvalue weighted by molar-refractivity contribution is 0.0177. The fourth-order valence-corrected chi connectivity index (χ4v) is 5.50. The topological polar surface area (TPSA) is 24.9 Å². The van der Waals surface area contributed by atoms with Crippen molar-refractivity contribution in [1.29, 1.82) is 0 Å². The van der Waals surface area contributed by atoms with Gasteiger partial charge in [-0.05, 0) is 65.9 Å². The monoisotopic (exact) mass is 416 g/mol. The standard InChI is InChI=1S/C27H32N2O2/c1-4-24(23-12-8-10-19-9-6-7-11-22(19)23)28(3)27(5-2)29-14-13-20-15-25-26(31-18-30-25)16-21(20)17-29/h6-12,15-16,24,27H,4-5,13-14,17-18H2,1-3H3. The van der Waals surface area contributed by atoms with Crippen LogP contribution in [0.25, 0.3) is 10.8 Å². The Morgan fingerprint density at radius 1 is 0.935 bits per heavy atom. The van der Waals surface area contributed by atoms with Crippen LogP contribution in [0, 0.1) is 0 Å². The Labute approximate surface area is 185 Å². The first-order valence-corrected chi connectivity index (χ1v) is 11.5. The lowest BCUT2D eigenvalue weighted by Gasteiger charge is -2.43. The van der Waals surface area contributed by atoms with E-state index < -0.39 is 0 Å². The molecule has 0 fully saturated rings. The molecule has 0 spiro atoms. The van der Waals surface area contributed by atoms with Gasteiger partial charge in [-0.3, -0.25) is 9.80 Å². The van der Waals surface area contributed by atoms with E-state index >= 15 is 0 Å². The molecular formula is C27H32N2O2. The van der Waals surface area contributed by atoms with Gasteiger partial charge in [-0.2, -0.15) is 0 Å². The second kappa shape index (κ2) is 8.52. The first-order chi connectivity index (χ1) is 15.2. The van der Waals surface area contributed by atoms with Gasteiger partial charge in [-0.1, -0.05) is 56.3 Å². The van der Waals surface area contributed by atoms with Crippen molar-refractivity contribution in [2.45, 2.75) is 51.9 Å². The minimum absolute atomic E-state index is 0.339. The third-order valence-corrected chi connectivity index (χ3v) is 7.05. The molecule has 0 N–H and O–H groups in total. The number of hydrogen-bond donors (Lipinski definition) is 0. The van der Waals surface area contributed by atoms with Crippen molar-refractivity contribution >= 4 is 10.8 Å². The summed E-state index contributed by atoms with van der Waals surface area (Å²) < 4.78 is 11.2. The van der Waals surface area contributed by atoms with Gasteiger partial charge >= 0.3 is 0 Å². The Balaban J connectivity index is 1.42. The number of benzene rings is 3. The van der Waals surface area contributed by atoms with E-state index in [1.54, 1.807) is 0 Å².